The first-order valence-corrected chi connectivity index (χ1v) is 8.08. The van der Waals surface area contributed by atoms with E-state index in [-0.39, 0.29) is 22.4 Å². The molecule has 21 heavy (non-hydrogen) atoms. The molecule has 0 aliphatic carbocycles. The van der Waals surface area contributed by atoms with Gasteiger partial charge in [0.05, 0.1) is 16.5 Å². The number of aliphatic hydroxyl groups excluding tert-OH is 1. The van der Waals surface area contributed by atoms with Gasteiger partial charge in [-0.1, -0.05) is 29.3 Å². The zero-order valence-electron chi connectivity index (χ0n) is 11.1. The quantitative estimate of drug-likeness (QED) is 0.596. The summed E-state index contributed by atoms with van der Waals surface area (Å²) in [7, 11) is 0. The molecule has 0 fully saturated rings. The Hall–Kier alpha value is -1.07. The van der Waals surface area contributed by atoms with E-state index in [1.165, 1.54) is 11.3 Å². The number of ketones is 1. The van der Waals surface area contributed by atoms with Crippen LogP contribution in [0.15, 0.2) is 29.6 Å². The summed E-state index contributed by atoms with van der Waals surface area (Å²) in [5.74, 6) is 0.297. The molecule has 0 saturated carbocycles. The Bertz CT molecular complexity index is 612. The van der Waals surface area contributed by atoms with Gasteiger partial charge in [-0.05, 0) is 36.4 Å². The van der Waals surface area contributed by atoms with E-state index < -0.39 is 0 Å². The number of benzene rings is 1. The van der Waals surface area contributed by atoms with Crippen LogP contribution >= 0.6 is 34.5 Å². The highest BCUT2D eigenvalue weighted by molar-refractivity contribution is 7.12. The molecule has 0 aliphatic rings. The third-order valence-corrected chi connectivity index (χ3v) is 4.58. The predicted molar refractivity (Wildman–Crippen MR) is 86.0 cm³/mol. The molecule has 0 saturated heterocycles. The van der Waals surface area contributed by atoms with E-state index in [0.717, 1.165) is 6.42 Å². The SMILES string of the molecule is O=C(c1cccs1)c1ccc(OCCCCO)c(Cl)c1Cl. The lowest BCUT2D eigenvalue weighted by molar-refractivity contribution is 0.104. The Labute approximate surface area is 137 Å². The highest BCUT2D eigenvalue weighted by Gasteiger charge is 2.18. The van der Waals surface area contributed by atoms with Crippen LogP contribution in [0.4, 0.5) is 0 Å². The summed E-state index contributed by atoms with van der Waals surface area (Å²) in [6, 6.07) is 6.83. The summed E-state index contributed by atoms with van der Waals surface area (Å²) in [5, 5.41) is 11.0. The number of hydrogen-bond acceptors (Lipinski definition) is 4. The molecule has 3 nitrogen and oxygen atoms in total. The van der Waals surface area contributed by atoms with Gasteiger partial charge in [-0.3, -0.25) is 4.79 Å². The molecule has 0 radical (unpaired) electrons. The van der Waals surface area contributed by atoms with E-state index in [4.69, 9.17) is 33.0 Å². The van der Waals surface area contributed by atoms with E-state index in [2.05, 4.69) is 0 Å². The van der Waals surface area contributed by atoms with Crippen molar-refractivity contribution in [2.75, 3.05) is 13.2 Å². The molecule has 1 heterocycles. The van der Waals surface area contributed by atoms with Crippen molar-refractivity contribution in [3.8, 4) is 5.75 Å². The maximum absolute atomic E-state index is 12.3. The zero-order valence-corrected chi connectivity index (χ0v) is 13.5. The molecule has 1 N–H and O–H groups in total. The van der Waals surface area contributed by atoms with Crippen LogP contribution in [-0.4, -0.2) is 24.1 Å². The fraction of sp³-hybridized carbons (Fsp3) is 0.267. The number of halogens is 2. The maximum atomic E-state index is 12.3. The van der Waals surface area contributed by atoms with E-state index in [1.807, 2.05) is 11.4 Å². The number of carbonyl (C=O) groups is 1. The predicted octanol–water partition coefficient (Wildman–Crippen LogP) is 4.44. The summed E-state index contributed by atoms with van der Waals surface area (Å²) in [6.45, 7) is 0.570. The average Bonchev–Trinajstić information content (AvgIpc) is 3.01. The minimum Gasteiger partial charge on any atom is -0.492 e. The van der Waals surface area contributed by atoms with Gasteiger partial charge in [0.25, 0.3) is 0 Å². The Kier molecular flexibility index (Phi) is 6.06. The average molecular weight is 345 g/mol. The zero-order chi connectivity index (χ0) is 15.2. The van der Waals surface area contributed by atoms with Crippen molar-refractivity contribution in [2.45, 2.75) is 12.8 Å². The van der Waals surface area contributed by atoms with Gasteiger partial charge >= 0.3 is 0 Å². The van der Waals surface area contributed by atoms with E-state index >= 15 is 0 Å². The molecule has 0 bridgehead atoms. The second-order valence-electron chi connectivity index (χ2n) is 4.32. The number of unbranched alkanes of at least 4 members (excludes halogenated alkanes) is 1. The van der Waals surface area contributed by atoms with Crippen LogP contribution in [0.25, 0.3) is 0 Å². The minimum atomic E-state index is -0.149. The van der Waals surface area contributed by atoms with Gasteiger partial charge in [-0.2, -0.15) is 0 Å². The van der Waals surface area contributed by atoms with Gasteiger partial charge in [-0.25, -0.2) is 0 Å². The lowest BCUT2D eigenvalue weighted by Crippen LogP contribution is -2.03. The van der Waals surface area contributed by atoms with Crippen LogP contribution in [0.3, 0.4) is 0 Å². The van der Waals surface area contributed by atoms with Crippen molar-refractivity contribution in [3.63, 3.8) is 0 Å². The van der Waals surface area contributed by atoms with Crippen LogP contribution in [0, 0.1) is 0 Å². The number of ether oxygens (including phenoxy) is 1. The summed E-state index contributed by atoms with van der Waals surface area (Å²) in [4.78, 5) is 12.9. The van der Waals surface area contributed by atoms with Crippen molar-refractivity contribution in [1.29, 1.82) is 0 Å². The molecule has 0 amide bonds. The number of aliphatic hydroxyl groups is 1. The fourth-order valence-electron chi connectivity index (χ4n) is 1.76. The third-order valence-electron chi connectivity index (χ3n) is 2.85. The van der Waals surface area contributed by atoms with Gasteiger partial charge in [0.15, 0.2) is 0 Å². The molecule has 1 aromatic heterocycles. The van der Waals surface area contributed by atoms with Crippen LogP contribution in [0.1, 0.15) is 28.1 Å². The first-order chi connectivity index (χ1) is 10.1. The lowest BCUT2D eigenvalue weighted by Gasteiger charge is -2.11. The molecule has 0 unspecified atom stereocenters. The minimum absolute atomic E-state index is 0.131. The summed E-state index contributed by atoms with van der Waals surface area (Å²) in [5.41, 5.74) is 0.367. The Morgan fingerprint density at radius 2 is 2.00 bits per heavy atom. The molecule has 0 aliphatic heterocycles. The maximum Gasteiger partial charge on any atom is 0.204 e. The van der Waals surface area contributed by atoms with Gasteiger partial charge < -0.3 is 9.84 Å². The molecular formula is C15H14Cl2O3S. The van der Waals surface area contributed by atoms with Crippen LogP contribution in [0.5, 0.6) is 5.75 Å². The van der Waals surface area contributed by atoms with E-state index in [9.17, 15) is 4.79 Å². The first-order valence-electron chi connectivity index (χ1n) is 6.45. The Morgan fingerprint density at radius 3 is 2.67 bits per heavy atom. The summed E-state index contributed by atoms with van der Waals surface area (Å²) in [6.07, 6.45) is 1.39. The topological polar surface area (TPSA) is 46.5 Å². The van der Waals surface area contributed by atoms with Crippen LogP contribution in [0.2, 0.25) is 10.0 Å². The molecule has 2 rings (SSSR count). The molecule has 0 atom stereocenters. The first kappa shape index (κ1) is 16.3. The van der Waals surface area contributed by atoms with E-state index in [1.54, 1.807) is 18.2 Å². The van der Waals surface area contributed by atoms with Gasteiger partial charge in [-0.15, -0.1) is 11.3 Å². The Morgan fingerprint density at radius 1 is 1.19 bits per heavy atom. The number of thiophene rings is 1. The standard InChI is InChI=1S/C15H14Cl2O3S/c16-13-10(15(19)12-4-3-9-21-12)5-6-11(14(13)17)20-8-2-1-7-18/h3-6,9,18H,1-2,7-8H2. The monoisotopic (exact) mass is 344 g/mol. The number of rotatable bonds is 7. The normalized spacial score (nSPS) is 10.6. The van der Waals surface area contributed by atoms with Crippen molar-refractivity contribution >= 4 is 40.3 Å². The number of carbonyl (C=O) groups excluding carboxylic acids is 1. The number of hydrogen-bond donors (Lipinski definition) is 1. The highest BCUT2D eigenvalue weighted by atomic mass is 35.5. The van der Waals surface area contributed by atoms with Crippen LogP contribution < -0.4 is 4.74 Å². The van der Waals surface area contributed by atoms with Crippen molar-refractivity contribution in [2.24, 2.45) is 0 Å². The van der Waals surface area contributed by atoms with Crippen molar-refractivity contribution in [1.82, 2.24) is 0 Å². The molecule has 6 heteroatoms. The van der Waals surface area contributed by atoms with Gasteiger partial charge in [0, 0.05) is 12.2 Å². The Balaban J connectivity index is 2.15. The molecular weight excluding hydrogens is 331 g/mol. The van der Waals surface area contributed by atoms with Gasteiger partial charge in [0.1, 0.15) is 10.8 Å². The van der Waals surface area contributed by atoms with E-state index in [0.29, 0.717) is 29.2 Å². The third kappa shape index (κ3) is 3.98. The van der Waals surface area contributed by atoms with Gasteiger partial charge in [0.2, 0.25) is 5.78 Å². The lowest BCUT2D eigenvalue weighted by atomic mass is 10.1. The molecule has 0 spiro atoms. The van der Waals surface area contributed by atoms with Crippen LogP contribution in [-0.2, 0) is 0 Å². The highest BCUT2D eigenvalue weighted by Crippen LogP contribution is 2.36. The smallest absolute Gasteiger partial charge is 0.204 e. The fourth-order valence-corrected chi connectivity index (χ4v) is 2.89. The summed E-state index contributed by atoms with van der Waals surface area (Å²) >= 11 is 13.7. The molecule has 2 aromatic rings. The molecule has 1 aromatic carbocycles. The molecule has 112 valence electrons. The second kappa shape index (κ2) is 7.80. The summed E-state index contributed by atoms with van der Waals surface area (Å²) < 4.78 is 5.51. The largest absolute Gasteiger partial charge is 0.492 e. The van der Waals surface area contributed by atoms with Crippen molar-refractivity contribution < 1.29 is 14.6 Å². The second-order valence-corrected chi connectivity index (χ2v) is 6.03. The van der Waals surface area contributed by atoms with Crippen molar-refractivity contribution in [3.05, 3.63) is 50.1 Å².